The molecule has 7 heteroatoms. The maximum Gasteiger partial charge on any atom is 0.416 e. The van der Waals surface area contributed by atoms with Crippen molar-refractivity contribution in [3.63, 3.8) is 0 Å². The number of aliphatic hydroxyl groups is 1. The van der Waals surface area contributed by atoms with Crippen LogP contribution in [0.1, 0.15) is 17.2 Å². The molecule has 0 spiro atoms. The molecule has 4 nitrogen and oxygen atoms in total. The van der Waals surface area contributed by atoms with Gasteiger partial charge in [0.1, 0.15) is 0 Å². The third-order valence-corrected chi connectivity index (χ3v) is 2.50. The minimum atomic E-state index is -4.44. The molecule has 0 aliphatic heterocycles. The SMILES string of the molecule is CNC(=O)CNCC(O)c1cccc(C(F)(F)F)c1. The Balaban J connectivity index is 2.62. The average Bonchev–Trinajstić information content (AvgIpc) is 2.37. The van der Waals surface area contributed by atoms with Crippen molar-refractivity contribution < 1.29 is 23.1 Å². The molecule has 0 heterocycles. The predicted molar refractivity (Wildman–Crippen MR) is 63.3 cm³/mol. The van der Waals surface area contributed by atoms with Crippen LogP contribution in [0.5, 0.6) is 0 Å². The highest BCUT2D eigenvalue weighted by Gasteiger charge is 2.30. The van der Waals surface area contributed by atoms with Gasteiger partial charge in [0.2, 0.25) is 5.91 Å². The highest BCUT2D eigenvalue weighted by Crippen LogP contribution is 2.30. The zero-order chi connectivity index (χ0) is 14.5. The topological polar surface area (TPSA) is 61.4 Å². The van der Waals surface area contributed by atoms with E-state index in [9.17, 15) is 23.1 Å². The van der Waals surface area contributed by atoms with Crippen LogP contribution >= 0.6 is 0 Å². The molecular weight excluding hydrogens is 261 g/mol. The molecule has 0 radical (unpaired) electrons. The summed E-state index contributed by atoms with van der Waals surface area (Å²) in [5.74, 6) is -0.267. The van der Waals surface area contributed by atoms with Crippen LogP contribution in [0.3, 0.4) is 0 Å². The van der Waals surface area contributed by atoms with E-state index in [2.05, 4.69) is 10.6 Å². The number of halogens is 3. The summed E-state index contributed by atoms with van der Waals surface area (Å²) < 4.78 is 37.5. The molecule has 0 bridgehead atoms. The van der Waals surface area contributed by atoms with Crippen molar-refractivity contribution >= 4 is 5.91 Å². The summed E-state index contributed by atoms with van der Waals surface area (Å²) in [5.41, 5.74) is -0.658. The number of carbonyl (C=O) groups is 1. The lowest BCUT2D eigenvalue weighted by Crippen LogP contribution is -2.33. The fourth-order valence-electron chi connectivity index (χ4n) is 1.45. The van der Waals surface area contributed by atoms with Crippen LogP contribution in [0, 0.1) is 0 Å². The number of alkyl halides is 3. The number of hydrogen-bond donors (Lipinski definition) is 3. The molecule has 0 aliphatic rings. The fraction of sp³-hybridized carbons (Fsp3) is 0.417. The van der Waals surface area contributed by atoms with Gasteiger partial charge in [0, 0.05) is 13.6 Å². The van der Waals surface area contributed by atoms with Gasteiger partial charge in [-0.3, -0.25) is 4.79 Å². The predicted octanol–water partition coefficient (Wildman–Crippen LogP) is 1.07. The van der Waals surface area contributed by atoms with Crippen molar-refractivity contribution in [1.82, 2.24) is 10.6 Å². The van der Waals surface area contributed by atoms with Crippen molar-refractivity contribution in [3.8, 4) is 0 Å². The minimum absolute atomic E-state index is 0.00523. The molecule has 1 aromatic rings. The molecule has 3 N–H and O–H groups in total. The number of aliphatic hydroxyl groups excluding tert-OH is 1. The van der Waals surface area contributed by atoms with E-state index in [4.69, 9.17) is 0 Å². The van der Waals surface area contributed by atoms with Crippen molar-refractivity contribution in [3.05, 3.63) is 35.4 Å². The van der Waals surface area contributed by atoms with E-state index in [1.807, 2.05) is 0 Å². The van der Waals surface area contributed by atoms with Crippen molar-refractivity contribution in [1.29, 1.82) is 0 Å². The van der Waals surface area contributed by atoms with Gasteiger partial charge in [0.15, 0.2) is 0 Å². The van der Waals surface area contributed by atoms with Crippen LogP contribution in [0.2, 0.25) is 0 Å². The van der Waals surface area contributed by atoms with Crippen LogP contribution in [0.4, 0.5) is 13.2 Å². The lowest BCUT2D eigenvalue weighted by atomic mass is 10.1. The number of nitrogens with one attached hydrogen (secondary N) is 2. The van der Waals surface area contributed by atoms with Crippen LogP contribution in [0.25, 0.3) is 0 Å². The van der Waals surface area contributed by atoms with Gasteiger partial charge >= 0.3 is 6.18 Å². The molecule has 1 aromatic carbocycles. The van der Waals surface area contributed by atoms with Gasteiger partial charge in [-0.05, 0) is 17.7 Å². The van der Waals surface area contributed by atoms with E-state index >= 15 is 0 Å². The van der Waals surface area contributed by atoms with Gasteiger partial charge in [-0.1, -0.05) is 12.1 Å². The molecule has 0 saturated heterocycles. The lowest BCUT2D eigenvalue weighted by molar-refractivity contribution is -0.137. The first-order valence-corrected chi connectivity index (χ1v) is 5.61. The fourth-order valence-corrected chi connectivity index (χ4v) is 1.45. The van der Waals surface area contributed by atoms with E-state index in [0.717, 1.165) is 12.1 Å². The Morgan fingerprint density at radius 1 is 1.42 bits per heavy atom. The summed E-state index contributed by atoms with van der Waals surface area (Å²) in [6.45, 7) is -0.0126. The Morgan fingerprint density at radius 3 is 2.68 bits per heavy atom. The summed E-state index contributed by atoms with van der Waals surface area (Å²) in [6.07, 6.45) is -5.54. The molecule has 106 valence electrons. The second-order valence-electron chi connectivity index (χ2n) is 3.94. The lowest BCUT2D eigenvalue weighted by Gasteiger charge is -2.14. The van der Waals surface area contributed by atoms with E-state index in [1.54, 1.807) is 0 Å². The largest absolute Gasteiger partial charge is 0.416 e. The van der Waals surface area contributed by atoms with Crippen LogP contribution in [0.15, 0.2) is 24.3 Å². The number of amides is 1. The van der Waals surface area contributed by atoms with Gasteiger partial charge in [-0.2, -0.15) is 13.2 Å². The van der Waals surface area contributed by atoms with E-state index < -0.39 is 17.8 Å². The molecule has 0 saturated carbocycles. The van der Waals surface area contributed by atoms with Gasteiger partial charge in [0.25, 0.3) is 0 Å². The third-order valence-electron chi connectivity index (χ3n) is 2.50. The second kappa shape index (κ2) is 6.53. The minimum Gasteiger partial charge on any atom is -0.387 e. The summed E-state index contributed by atoms with van der Waals surface area (Å²) in [5, 5.41) is 14.8. The molecule has 1 atom stereocenters. The number of hydrogen-bond acceptors (Lipinski definition) is 3. The summed E-state index contributed by atoms with van der Waals surface area (Å²) in [7, 11) is 1.47. The molecular formula is C12H15F3N2O2. The Labute approximate surface area is 108 Å². The second-order valence-corrected chi connectivity index (χ2v) is 3.94. The first-order chi connectivity index (χ1) is 8.84. The zero-order valence-electron chi connectivity index (χ0n) is 10.3. The van der Waals surface area contributed by atoms with E-state index in [1.165, 1.54) is 19.2 Å². The van der Waals surface area contributed by atoms with Crippen LogP contribution in [-0.2, 0) is 11.0 Å². The van der Waals surface area contributed by atoms with Crippen LogP contribution < -0.4 is 10.6 Å². The van der Waals surface area contributed by atoms with Gasteiger partial charge in [-0.15, -0.1) is 0 Å². The quantitative estimate of drug-likeness (QED) is 0.754. The van der Waals surface area contributed by atoms with Crippen molar-refractivity contribution in [2.24, 2.45) is 0 Å². The van der Waals surface area contributed by atoms with Gasteiger partial charge in [0.05, 0.1) is 18.2 Å². The maximum atomic E-state index is 12.5. The van der Waals surface area contributed by atoms with Crippen molar-refractivity contribution in [2.75, 3.05) is 20.1 Å². The monoisotopic (exact) mass is 276 g/mol. The standard InChI is InChI=1S/C12H15F3N2O2/c1-16-11(19)7-17-6-10(18)8-3-2-4-9(5-8)12(13,14)15/h2-5,10,17-18H,6-7H2,1H3,(H,16,19). The molecule has 1 unspecified atom stereocenters. The smallest absolute Gasteiger partial charge is 0.387 e. The number of carbonyl (C=O) groups excluding carboxylic acids is 1. The average molecular weight is 276 g/mol. The summed E-state index contributed by atoms with van der Waals surface area (Å²) >= 11 is 0. The molecule has 1 amide bonds. The summed E-state index contributed by atoms with van der Waals surface area (Å²) in [6, 6.07) is 4.47. The maximum absolute atomic E-state index is 12.5. The molecule has 0 aromatic heterocycles. The normalized spacial score (nSPS) is 13.1. The van der Waals surface area contributed by atoms with Crippen molar-refractivity contribution in [2.45, 2.75) is 12.3 Å². The Bertz CT molecular complexity index is 435. The first kappa shape index (κ1) is 15.5. The Kier molecular flexibility index (Phi) is 5.31. The van der Waals surface area contributed by atoms with E-state index in [0.29, 0.717) is 0 Å². The molecule has 0 fully saturated rings. The Hall–Kier alpha value is -1.60. The number of benzene rings is 1. The van der Waals surface area contributed by atoms with Gasteiger partial charge in [-0.25, -0.2) is 0 Å². The van der Waals surface area contributed by atoms with E-state index in [-0.39, 0.29) is 24.6 Å². The Morgan fingerprint density at radius 2 is 2.11 bits per heavy atom. The zero-order valence-corrected chi connectivity index (χ0v) is 10.3. The number of rotatable bonds is 5. The van der Waals surface area contributed by atoms with Gasteiger partial charge < -0.3 is 15.7 Å². The van der Waals surface area contributed by atoms with Crippen LogP contribution in [-0.4, -0.2) is 31.2 Å². The highest BCUT2D eigenvalue weighted by atomic mass is 19.4. The molecule has 1 rings (SSSR count). The first-order valence-electron chi connectivity index (χ1n) is 5.61. The number of likely N-dealkylation sites (N-methyl/N-ethyl adjacent to an activating group) is 1. The third kappa shape index (κ3) is 4.88. The summed E-state index contributed by atoms with van der Waals surface area (Å²) in [4.78, 5) is 10.9. The highest BCUT2D eigenvalue weighted by molar-refractivity contribution is 5.77. The molecule has 0 aliphatic carbocycles. The molecule has 19 heavy (non-hydrogen) atoms.